The number of carbonyl (C=O) groups is 1. The van der Waals surface area contributed by atoms with Gasteiger partial charge in [0.15, 0.2) is 0 Å². The van der Waals surface area contributed by atoms with Crippen molar-refractivity contribution in [2.75, 3.05) is 19.7 Å². The molecule has 1 fully saturated rings. The molecule has 0 unspecified atom stereocenters. The van der Waals surface area contributed by atoms with E-state index < -0.39 is 0 Å². The van der Waals surface area contributed by atoms with Crippen molar-refractivity contribution in [3.63, 3.8) is 0 Å². The lowest BCUT2D eigenvalue weighted by Crippen LogP contribution is -2.30. The van der Waals surface area contributed by atoms with Gasteiger partial charge in [-0.1, -0.05) is 30.3 Å². The third kappa shape index (κ3) is 4.34. The summed E-state index contributed by atoms with van der Waals surface area (Å²) in [6.45, 7) is 2.60. The first-order valence-electron chi connectivity index (χ1n) is 6.45. The highest BCUT2D eigenvalue weighted by Gasteiger charge is 2.14. The van der Waals surface area contributed by atoms with E-state index in [1.807, 2.05) is 30.3 Å². The summed E-state index contributed by atoms with van der Waals surface area (Å²) in [5, 5.41) is 3.29. The maximum Gasteiger partial charge on any atom is 0.330 e. The minimum Gasteiger partial charge on any atom is -0.462 e. The van der Waals surface area contributed by atoms with E-state index in [1.54, 1.807) is 6.08 Å². The maximum absolute atomic E-state index is 11.5. The number of benzene rings is 1. The Balaban J connectivity index is 1.73. The monoisotopic (exact) mass is 245 g/mol. The molecule has 0 aliphatic carbocycles. The molecule has 0 spiro atoms. The summed E-state index contributed by atoms with van der Waals surface area (Å²) in [5.74, 6) is 0.262. The normalized spacial score (nSPS) is 16.9. The fourth-order valence-electron chi connectivity index (χ4n) is 2.02. The maximum atomic E-state index is 11.5. The molecule has 0 bridgehead atoms. The molecule has 2 rings (SSSR count). The van der Waals surface area contributed by atoms with Crippen molar-refractivity contribution in [3.8, 4) is 0 Å². The molecule has 0 atom stereocenters. The molecule has 1 heterocycles. The number of rotatable bonds is 4. The van der Waals surface area contributed by atoms with Gasteiger partial charge in [-0.3, -0.25) is 0 Å². The Bertz CT molecular complexity index is 394. The first kappa shape index (κ1) is 12.8. The summed E-state index contributed by atoms with van der Waals surface area (Å²) in [6, 6.07) is 9.75. The predicted molar refractivity (Wildman–Crippen MR) is 72.0 cm³/mol. The largest absolute Gasteiger partial charge is 0.462 e. The zero-order valence-electron chi connectivity index (χ0n) is 10.5. The number of esters is 1. The summed E-state index contributed by atoms with van der Waals surface area (Å²) >= 11 is 0. The number of carbonyl (C=O) groups excluding carboxylic acids is 1. The molecular weight excluding hydrogens is 226 g/mol. The number of nitrogens with one attached hydrogen (secondary N) is 1. The van der Waals surface area contributed by atoms with E-state index in [0.717, 1.165) is 31.5 Å². The summed E-state index contributed by atoms with van der Waals surface area (Å²) < 4.78 is 5.25. The lowest BCUT2D eigenvalue weighted by atomic mass is 9.99. The van der Waals surface area contributed by atoms with Gasteiger partial charge in [-0.2, -0.15) is 0 Å². The van der Waals surface area contributed by atoms with Crippen LogP contribution in [-0.2, 0) is 9.53 Å². The van der Waals surface area contributed by atoms with Crippen LogP contribution in [0.1, 0.15) is 18.4 Å². The van der Waals surface area contributed by atoms with Crippen molar-refractivity contribution in [2.24, 2.45) is 5.92 Å². The third-order valence-electron chi connectivity index (χ3n) is 3.13. The minimum absolute atomic E-state index is 0.252. The molecule has 1 aliphatic heterocycles. The van der Waals surface area contributed by atoms with Gasteiger partial charge in [0.2, 0.25) is 0 Å². The standard InChI is InChI=1S/C15H19NO2/c17-15(7-6-13-4-2-1-3-5-13)18-12-14-8-10-16-11-9-14/h1-7,14,16H,8-12H2/b7-6+. The van der Waals surface area contributed by atoms with Gasteiger partial charge in [-0.15, -0.1) is 0 Å². The fraction of sp³-hybridized carbons (Fsp3) is 0.400. The van der Waals surface area contributed by atoms with E-state index in [2.05, 4.69) is 5.32 Å². The van der Waals surface area contributed by atoms with Gasteiger partial charge in [0.1, 0.15) is 0 Å². The van der Waals surface area contributed by atoms with Gasteiger partial charge in [0, 0.05) is 6.08 Å². The van der Waals surface area contributed by atoms with Crippen LogP contribution in [0, 0.1) is 5.92 Å². The fourth-order valence-corrected chi connectivity index (χ4v) is 2.02. The molecule has 0 aromatic heterocycles. The molecule has 18 heavy (non-hydrogen) atoms. The Kier molecular flexibility index (Phi) is 4.97. The van der Waals surface area contributed by atoms with Crippen LogP contribution in [0.3, 0.4) is 0 Å². The van der Waals surface area contributed by atoms with Gasteiger partial charge in [-0.25, -0.2) is 4.79 Å². The molecule has 3 nitrogen and oxygen atoms in total. The summed E-state index contributed by atoms with van der Waals surface area (Å²) in [6.07, 6.45) is 5.46. The van der Waals surface area contributed by atoms with Crippen LogP contribution < -0.4 is 5.32 Å². The molecule has 1 saturated heterocycles. The number of hydrogen-bond acceptors (Lipinski definition) is 3. The lowest BCUT2D eigenvalue weighted by molar-refractivity contribution is -0.139. The van der Waals surface area contributed by atoms with Gasteiger partial charge >= 0.3 is 5.97 Å². The first-order chi connectivity index (χ1) is 8.84. The Morgan fingerprint density at radius 2 is 2.00 bits per heavy atom. The molecule has 0 saturated carbocycles. The van der Waals surface area contributed by atoms with Crippen LogP contribution in [0.2, 0.25) is 0 Å². The third-order valence-corrected chi connectivity index (χ3v) is 3.13. The first-order valence-corrected chi connectivity index (χ1v) is 6.45. The highest BCUT2D eigenvalue weighted by molar-refractivity contribution is 5.87. The van der Waals surface area contributed by atoms with E-state index >= 15 is 0 Å². The smallest absolute Gasteiger partial charge is 0.330 e. The number of hydrogen-bond donors (Lipinski definition) is 1. The molecule has 1 aliphatic rings. The molecule has 1 aromatic rings. The molecule has 3 heteroatoms. The van der Waals surface area contributed by atoms with Crippen molar-refractivity contribution in [3.05, 3.63) is 42.0 Å². The molecule has 1 N–H and O–H groups in total. The molecule has 0 amide bonds. The van der Waals surface area contributed by atoms with Crippen LogP contribution in [0.15, 0.2) is 36.4 Å². The topological polar surface area (TPSA) is 38.3 Å². The summed E-state index contributed by atoms with van der Waals surface area (Å²) in [4.78, 5) is 11.5. The Hall–Kier alpha value is -1.61. The van der Waals surface area contributed by atoms with E-state index in [0.29, 0.717) is 12.5 Å². The Morgan fingerprint density at radius 1 is 1.28 bits per heavy atom. The quantitative estimate of drug-likeness (QED) is 0.653. The minimum atomic E-state index is -0.252. The molecular formula is C15H19NO2. The SMILES string of the molecule is O=C(/C=C/c1ccccc1)OCC1CCNCC1. The van der Waals surface area contributed by atoms with Crippen LogP contribution in [0.25, 0.3) is 6.08 Å². The van der Waals surface area contributed by atoms with Crippen molar-refractivity contribution in [1.29, 1.82) is 0 Å². The van der Waals surface area contributed by atoms with E-state index in [9.17, 15) is 4.79 Å². The molecule has 0 radical (unpaired) electrons. The second kappa shape index (κ2) is 6.97. The zero-order valence-corrected chi connectivity index (χ0v) is 10.5. The van der Waals surface area contributed by atoms with E-state index in [1.165, 1.54) is 6.08 Å². The predicted octanol–water partition coefficient (Wildman–Crippen LogP) is 2.24. The Labute approximate surface area is 108 Å². The lowest BCUT2D eigenvalue weighted by Gasteiger charge is -2.21. The van der Waals surface area contributed by atoms with Crippen molar-refractivity contribution >= 4 is 12.0 Å². The summed E-state index contributed by atoms with van der Waals surface area (Å²) in [7, 11) is 0. The average Bonchev–Trinajstić information content (AvgIpc) is 2.45. The Morgan fingerprint density at radius 3 is 2.72 bits per heavy atom. The highest BCUT2D eigenvalue weighted by atomic mass is 16.5. The number of piperidine rings is 1. The second-order valence-corrected chi connectivity index (χ2v) is 4.57. The molecule has 96 valence electrons. The average molecular weight is 245 g/mol. The second-order valence-electron chi connectivity index (χ2n) is 4.57. The van der Waals surface area contributed by atoms with Crippen LogP contribution in [0.4, 0.5) is 0 Å². The number of ether oxygens (including phenoxy) is 1. The van der Waals surface area contributed by atoms with Crippen LogP contribution in [-0.4, -0.2) is 25.7 Å². The van der Waals surface area contributed by atoms with E-state index in [-0.39, 0.29) is 5.97 Å². The van der Waals surface area contributed by atoms with Gasteiger partial charge < -0.3 is 10.1 Å². The van der Waals surface area contributed by atoms with Gasteiger partial charge in [-0.05, 0) is 43.5 Å². The zero-order chi connectivity index (χ0) is 12.6. The van der Waals surface area contributed by atoms with E-state index in [4.69, 9.17) is 4.74 Å². The van der Waals surface area contributed by atoms with Crippen LogP contribution >= 0.6 is 0 Å². The summed E-state index contributed by atoms with van der Waals surface area (Å²) in [5.41, 5.74) is 1.01. The molecule has 1 aromatic carbocycles. The van der Waals surface area contributed by atoms with Crippen LogP contribution in [0.5, 0.6) is 0 Å². The van der Waals surface area contributed by atoms with Gasteiger partial charge in [0.05, 0.1) is 6.61 Å². The highest BCUT2D eigenvalue weighted by Crippen LogP contribution is 2.11. The van der Waals surface area contributed by atoms with Crippen molar-refractivity contribution in [1.82, 2.24) is 5.32 Å². The van der Waals surface area contributed by atoms with Crippen molar-refractivity contribution < 1.29 is 9.53 Å². The van der Waals surface area contributed by atoms with Gasteiger partial charge in [0.25, 0.3) is 0 Å². The van der Waals surface area contributed by atoms with Crippen molar-refractivity contribution in [2.45, 2.75) is 12.8 Å².